The van der Waals surface area contributed by atoms with Gasteiger partial charge in [0.05, 0.1) is 0 Å². The second-order valence-electron chi connectivity index (χ2n) is 7.17. The molecule has 2 fully saturated rings. The molecule has 2 heterocycles. The van der Waals surface area contributed by atoms with Crippen LogP contribution in [0.3, 0.4) is 0 Å². The molecule has 0 bridgehead atoms. The number of benzene rings is 1. The summed E-state index contributed by atoms with van der Waals surface area (Å²) < 4.78 is 0. The summed E-state index contributed by atoms with van der Waals surface area (Å²) in [5, 5.41) is 0. The first-order chi connectivity index (χ1) is 11.4. The Balaban J connectivity index is 1.26. The van der Waals surface area contributed by atoms with Crippen molar-refractivity contribution in [1.82, 2.24) is 14.7 Å². The lowest BCUT2D eigenvalue weighted by molar-refractivity contribution is 0.125. The number of hydrogen-bond donors (Lipinski definition) is 0. The van der Waals surface area contributed by atoms with Gasteiger partial charge in [-0.05, 0) is 57.4 Å². The highest BCUT2D eigenvalue weighted by molar-refractivity contribution is 5.14. The van der Waals surface area contributed by atoms with Gasteiger partial charge in [0.1, 0.15) is 0 Å². The van der Waals surface area contributed by atoms with Crippen molar-refractivity contribution in [2.45, 2.75) is 32.1 Å². The van der Waals surface area contributed by atoms with Gasteiger partial charge in [0.2, 0.25) is 0 Å². The molecule has 2 aliphatic rings. The fourth-order valence-corrected chi connectivity index (χ4v) is 3.87. The van der Waals surface area contributed by atoms with E-state index in [-0.39, 0.29) is 0 Å². The summed E-state index contributed by atoms with van der Waals surface area (Å²) in [6.45, 7) is 11.5. The van der Waals surface area contributed by atoms with Gasteiger partial charge in [-0.1, -0.05) is 36.8 Å². The van der Waals surface area contributed by atoms with E-state index in [4.69, 9.17) is 0 Å². The van der Waals surface area contributed by atoms with E-state index in [1.165, 1.54) is 96.6 Å². The first kappa shape index (κ1) is 16.9. The summed E-state index contributed by atoms with van der Waals surface area (Å²) in [7, 11) is 0. The third-order valence-corrected chi connectivity index (χ3v) is 5.42. The number of likely N-dealkylation sites (tertiary alicyclic amines) is 1. The quantitative estimate of drug-likeness (QED) is 0.766. The molecular weight excluding hydrogens is 282 g/mol. The fraction of sp³-hybridized carbons (Fsp3) is 0.700. The first-order valence-electron chi connectivity index (χ1n) is 9.61. The van der Waals surface area contributed by atoms with Gasteiger partial charge in [-0.3, -0.25) is 0 Å². The van der Waals surface area contributed by atoms with Gasteiger partial charge in [-0.25, -0.2) is 0 Å². The molecule has 0 spiro atoms. The highest BCUT2D eigenvalue weighted by Gasteiger charge is 2.17. The molecule has 3 nitrogen and oxygen atoms in total. The smallest absolute Gasteiger partial charge is 0.0110 e. The van der Waals surface area contributed by atoms with Gasteiger partial charge < -0.3 is 14.7 Å². The topological polar surface area (TPSA) is 9.72 Å². The maximum atomic E-state index is 2.67. The zero-order valence-corrected chi connectivity index (χ0v) is 14.6. The van der Waals surface area contributed by atoms with E-state index in [1.54, 1.807) is 0 Å². The summed E-state index contributed by atoms with van der Waals surface area (Å²) in [6.07, 6.45) is 6.82. The Morgan fingerprint density at radius 1 is 0.609 bits per heavy atom. The van der Waals surface area contributed by atoms with Crippen LogP contribution in [0.1, 0.15) is 31.2 Å². The average molecular weight is 316 g/mol. The Morgan fingerprint density at radius 3 is 1.83 bits per heavy atom. The summed E-state index contributed by atoms with van der Waals surface area (Å²) in [4.78, 5) is 7.97. The Kier molecular flexibility index (Phi) is 6.93. The minimum atomic E-state index is 1.19. The van der Waals surface area contributed by atoms with Crippen molar-refractivity contribution in [2.24, 2.45) is 0 Å². The summed E-state index contributed by atoms with van der Waals surface area (Å²) in [6, 6.07) is 10.9. The molecule has 0 aromatic heterocycles. The van der Waals surface area contributed by atoms with E-state index < -0.39 is 0 Å². The molecule has 2 aliphatic heterocycles. The Bertz CT molecular complexity index is 420. The molecule has 0 amide bonds. The van der Waals surface area contributed by atoms with Crippen molar-refractivity contribution in [3.8, 4) is 0 Å². The molecular formula is C20H33N3. The number of piperazine rings is 1. The van der Waals surface area contributed by atoms with Crippen LogP contribution in [0, 0.1) is 0 Å². The van der Waals surface area contributed by atoms with Crippen molar-refractivity contribution in [3.63, 3.8) is 0 Å². The van der Waals surface area contributed by atoms with E-state index in [0.717, 1.165) is 0 Å². The molecule has 1 aromatic rings. The van der Waals surface area contributed by atoms with Crippen LogP contribution >= 0.6 is 0 Å². The van der Waals surface area contributed by atoms with Gasteiger partial charge in [0, 0.05) is 32.7 Å². The highest BCUT2D eigenvalue weighted by atomic mass is 15.3. The predicted octanol–water partition coefficient (Wildman–Crippen LogP) is 2.72. The van der Waals surface area contributed by atoms with Crippen LogP contribution < -0.4 is 0 Å². The largest absolute Gasteiger partial charge is 0.303 e. The van der Waals surface area contributed by atoms with Gasteiger partial charge in [-0.15, -0.1) is 0 Å². The maximum absolute atomic E-state index is 2.67. The molecule has 2 saturated heterocycles. The number of nitrogens with zero attached hydrogens (tertiary/aromatic N) is 3. The van der Waals surface area contributed by atoms with Crippen molar-refractivity contribution in [2.75, 3.05) is 58.9 Å². The van der Waals surface area contributed by atoms with Crippen LogP contribution in [-0.4, -0.2) is 73.6 Å². The van der Waals surface area contributed by atoms with Crippen molar-refractivity contribution in [1.29, 1.82) is 0 Å². The molecule has 0 radical (unpaired) electrons. The number of rotatable bonds is 7. The third kappa shape index (κ3) is 5.91. The monoisotopic (exact) mass is 315 g/mol. The highest BCUT2D eigenvalue weighted by Crippen LogP contribution is 2.10. The van der Waals surface area contributed by atoms with E-state index in [9.17, 15) is 0 Å². The molecule has 0 aliphatic carbocycles. The summed E-state index contributed by atoms with van der Waals surface area (Å²) >= 11 is 0. The van der Waals surface area contributed by atoms with Crippen LogP contribution in [0.25, 0.3) is 0 Å². The van der Waals surface area contributed by atoms with E-state index in [1.807, 2.05) is 0 Å². The van der Waals surface area contributed by atoms with Gasteiger partial charge >= 0.3 is 0 Å². The average Bonchev–Trinajstić information content (AvgIpc) is 2.63. The molecule has 1 aromatic carbocycles. The van der Waals surface area contributed by atoms with Crippen molar-refractivity contribution < 1.29 is 0 Å². The molecule has 128 valence electrons. The van der Waals surface area contributed by atoms with E-state index >= 15 is 0 Å². The molecule has 0 atom stereocenters. The molecule has 0 unspecified atom stereocenters. The minimum absolute atomic E-state index is 1.19. The standard InChI is InChI=1S/C20H33N3/c1-3-8-20(9-4-1)10-15-23-18-16-22(17-19-23)14-7-13-21-11-5-2-6-12-21/h1,3-4,8-9H,2,5-7,10-19H2. The Hall–Kier alpha value is -0.900. The lowest BCUT2D eigenvalue weighted by Crippen LogP contribution is -2.47. The zero-order chi connectivity index (χ0) is 15.7. The lowest BCUT2D eigenvalue weighted by atomic mass is 10.1. The molecule has 3 rings (SSSR count). The Labute approximate surface area is 142 Å². The maximum Gasteiger partial charge on any atom is 0.0110 e. The fourth-order valence-electron chi connectivity index (χ4n) is 3.87. The SMILES string of the molecule is c1ccc(CCN2CCN(CCCN3CCCCC3)CC2)cc1. The minimum Gasteiger partial charge on any atom is -0.303 e. The second-order valence-corrected chi connectivity index (χ2v) is 7.17. The summed E-state index contributed by atoms with van der Waals surface area (Å²) in [5.74, 6) is 0. The normalized spacial score (nSPS) is 21.6. The van der Waals surface area contributed by atoms with Crippen LogP contribution in [0.15, 0.2) is 30.3 Å². The molecule has 3 heteroatoms. The van der Waals surface area contributed by atoms with Gasteiger partial charge in [-0.2, -0.15) is 0 Å². The predicted molar refractivity (Wildman–Crippen MR) is 97.9 cm³/mol. The molecule has 0 N–H and O–H groups in total. The van der Waals surface area contributed by atoms with Crippen molar-refractivity contribution in [3.05, 3.63) is 35.9 Å². The molecule has 23 heavy (non-hydrogen) atoms. The Morgan fingerprint density at radius 2 is 1.17 bits per heavy atom. The lowest BCUT2D eigenvalue weighted by Gasteiger charge is -2.35. The van der Waals surface area contributed by atoms with Crippen LogP contribution in [0.4, 0.5) is 0 Å². The van der Waals surface area contributed by atoms with Gasteiger partial charge in [0.15, 0.2) is 0 Å². The van der Waals surface area contributed by atoms with Crippen LogP contribution in [-0.2, 0) is 6.42 Å². The van der Waals surface area contributed by atoms with E-state index in [2.05, 4.69) is 45.0 Å². The first-order valence-corrected chi connectivity index (χ1v) is 9.61. The number of hydrogen-bond acceptors (Lipinski definition) is 3. The third-order valence-electron chi connectivity index (χ3n) is 5.42. The zero-order valence-electron chi connectivity index (χ0n) is 14.6. The van der Waals surface area contributed by atoms with Crippen LogP contribution in [0.5, 0.6) is 0 Å². The van der Waals surface area contributed by atoms with Crippen LogP contribution in [0.2, 0.25) is 0 Å². The summed E-state index contributed by atoms with van der Waals surface area (Å²) in [5.41, 5.74) is 1.47. The second kappa shape index (κ2) is 9.41. The van der Waals surface area contributed by atoms with Crippen molar-refractivity contribution >= 4 is 0 Å². The van der Waals surface area contributed by atoms with E-state index in [0.29, 0.717) is 0 Å². The molecule has 0 saturated carbocycles. The van der Waals surface area contributed by atoms with Gasteiger partial charge in [0.25, 0.3) is 0 Å². The number of piperidine rings is 1.